The molecule has 1 aliphatic carbocycles. The van der Waals surface area contributed by atoms with E-state index in [1.165, 1.54) is 6.33 Å². The Bertz CT molecular complexity index is 1840. The Hall–Kier alpha value is -4.99. The fraction of sp³-hybridized carbons (Fsp3) is 0.382. The number of anilines is 1. The molecule has 1 amide bonds. The summed E-state index contributed by atoms with van der Waals surface area (Å²) in [5, 5.41) is 12.9. The van der Waals surface area contributed by atoms with Crippen LogP contribution >= 0.6 is 0 Å². The zero-order valence-electron chi connectivity index (χ0n) is 26.2. The number of para-hydroxylation sites is 1. The largest absolute Gasteiger partial charge is 0.457 e. The van der Waals surface area contributed by atoms with Crippen molar-refractivity contribution in [2.75, 3.05) is 26.0 Å². The van der Waals surface area contributed by atoms with E-state index in [9.17, 15) is 14.9 Å². The normalized spacial score (nSPS) is 19.1. The molecule has 3 heterocycles. The van der Waals surface area contributed by atoms with E-state index < -0.39 is 5.54 Å². The average molecular weight is 623 g/mol. The minimum Gasteiger partial charge on any atom is -0.457 e. The Labute approximate surface area is 267 Å². The van der Waals surface area contributed by atoms with Gasteiger partial charge in [-0.3, -0.25) is 18.8 Å². The van der Waals surface area contributed by atoms with Gasteiger partial charge >= 0.3 is 5.69 Å². The number of nitrogens with one attached hydrogen (secondary N) is 1. The summed E-state index contributed by atoms with van der Waals surface area (Å²) in [6, 6.07) is 18.8. The molecule has 0 bridgehead atoms. The van der Waals surface area contributed by atoms with Crippen LogP contribution in [0.15, 0.2) is 77.4 Å². The Morgan fingerprint density at radius 1 is 1.09 bits per heavy atom. The molecule has 4 aromatic rings. The highest BCUT2D eigenvalue weighted by atomic mass is 16.5. The van der Waals surface area contributed by atoms with Crippen LogP contribution in [0.3, 0.4) is 0 Å². The number of aromatic nitrogens is 4. The Balaban J connectivity index is 1.18. The van der Waals surface area contributed by atoms with Gasteiger partial charge in [0.05, 0.1) is 24.9 Å². The molecule has 238 valence electrons. The number of nitrogens with zero attached hydrogens (tertiary/aromatic N) is 6. The number of fused-ring (bicyclic) bond motifs is 1. The Morgan fingerprint density at radius 3 is 2.39 bits per heavy atom. The SMILES string of the molecule is CN(C1COC1)C(C)(C)C=C(C#N)C(=O)NC1CCC(n2c(=O)n(-c3ccc(Oc4ccccc4)cc3)c3c(N)ncnc32)CC1. The topological polar surface area (TPSA) is 153 Å². The molecule has 1 aliphatic heterocycles. The summed E-state index contributed by atoms with van der Waals surface area (Å²) in [6.45, 7) is 5.25. The Kier molecular flexibility index (Phi) is 8.62. The molecule has 46 heavy (non-hydrogen) atoms. The Morgan fingerprint density at radius 2 is 1.76 bits per heavy atom. The summed E-state index contributed by atoms with van der Waals surface area (Å²) in [5.41, 5.74) is 7.17. The number of amides is 1. The fourth-order valence-corrected chi connectivity index (χ4v) is 6.19. The number of imidazole rings is 1. The van der Waals surface area contributed by atoms with Crippen molar-refractivity contribution in [1.82, 2.24) is 29.3 Å². The van der Waals surface area contributed by atoms with Gasteiger partial charge in [-0.2, -0.15) is 5.26 Å². The smallest absolute Gasteiger partial charge is 0.335 e. The third-order valence-corrected chi connectivity index (χ3v) is 9.09. The predicted octanol–water partition coefficient (Wildman–Crippen LogP) is 4.12. The van der Waals surface area contributed by atoms with Crippen molar-refractivity contribution in [2.45, 2.75) is 63.2 Å². The number of hydrogen-bond donors (Lipinski definition) is 2. The summed E-state index contributed by atoms with van der Waals surface area (Å²) >= 11 is 0. The molecular formula is C34H38N8O4. The summed E-state index contributed by atoms with van der Waals surface area (Å²) in [6.07, 6.45) is 5.66. The number of carbonyl (C=O) groups excluding carboxylic acids is 1. The molecule has 1 saturated heterocycles. The van der Waals surface area contributed by atoms with E-state index in [1.54, 1.807) is 27.3 Å². The molecule has 0 atom stereocenters. The number of nitriles is 1. The fourth-order valence-electron chi connectivity index (χ4n) is 6.19. The summed E-state index contributed by atoms with van der Waals surface area (Å²) in [4.78, 5) is 37.9. The lowest BCUT2D eigenvalue weighted by atomic mass is 9.90. The van der Waals surface area contributed by atoms with Crippen LogP contribution < -0.4 is 21.5 Å². The van der Waals surface area contributed by atoms with Crippen LogP contribution in [0.1, 0.15) is 45.6 Å². The zero-order valence-corrected chi connectivity index (χ0v) is 26.2. The molecular weight excluding hydrogens is 584 g/mol. The van der Waals surface area contributed by atoms with Crippen LogP contribution in [-0.4, -0.2) is 67.8 Å². The molecule has 1 saturated carbocycles. The molecule has 0 spiro atoms. The number of hydrogen-bond acceptors (Lipinski definition) is 9. The van der Waals surface area contributed by atoms with Crippen LogP contribution in [0, 0.1) is 11.3 Å². The lowest BCUT2D eigenvalue weighted by Crippen LogP contribution is -2.55. The summed E-state index contributed by atoms with van der Waals surface area (Å²) in [7, 11) is 1.98. The summed E-state index contributed by atoms with van der Waals surface area (Å²) < 4.78 is 14.5. The van der Waals surface area contributed by atoms with Crippen LogP contribution in [0.2, 0.25) is 0 Å². The van der Waals surface area contributed by atoms with Crippen molar-refractivity contribution in [2.24, 2.45) is 0 Å². The van der Waals surface area contributed by atoms with Gasteiger partial charge in [0.2, 0.25) is 0 Å². The molecule has 2 fully saturated rings. The van der Waals surface area contributed by atoms with Gasteiger partial charge in [0.25, 0.3) is 5.91 Å². The van der Waals surface area contributed by atoms with Crippen LogP contribution in [0.5, 0.6) is 11.5 Å². The predicted molar refractivity (Wildman–Crippen MR) is 174 cm³/mol. The van der Waals surface area contributed by atoms with Gasteiger partial charge in [-0.05, 0) is 89.1 Å². The molecule has 3 N–H and O–H groups in total. The van der Waals surface area contributed by atoms with Crippen molar-refractivity contribution in [3.63, 3.8) is 0 Å². The van der Waals surface area contributed by atoms with Crippen molar-refractivity contribution >= 4 is 22.9 Å². The third-order valence-electron chi connectivity index (χ3n) is 9.09. The van der Waals surface area contributed by atoms with Gasteiger partial charge in [-0.15, -0.1) is 0 Å². The second kappa shape index (κ2) is 12.8. The number of ether oxygens (including phenoxy) is 2. The highest BCUT2D eigenvalue weighted by Gasteiger charge is 2.34. The van der Waals surface area contributed by atoms with E-state index in [4.69, 9.17) is 15.2 Å². The zero-order chi connectivity index (χ0) is 32.4. The maximum atomic E-state index is 14.0. The molecule has 0 unspecified atom stereocenters. The van der Waals surface area contributed by atoms with E-state index in [-0.39, 0.29) is 41.1 Å². The van der Waals surface area contributed by atoms with Gasteiger partial charge in [-0.1, -0.05) is 18.2 Å². The molecule has 0 radical (unpaired) electrons. The van der Waals surface area contributed by atoms with Crippen LogP contribution in [-0.2, 0) is 9.53 Å². The molecule has 2 aromatic heterocycles. The number of benzene rings is 2. The van der Waals surface area contributed by atoms with Gasteiger partial charge in [0.15, 0.2) is 11.5 Å². The number of carbonyl (C=O) groups is 1. The van der Waals surface area contributed by atoms with Crippen molar-refractivity contribution in [3.8, 4) is 23.3 Å². The van der Waals surface area contributed by atoms with Gasteiger partial charge < -0.3 is 20.5 Å². The molecule has 2 aromatic carbocycles. The highest BCUT2D eigenvalue weighted by molar-refractivity contribution is 5.97. The minimum absolute atomic E-state index is 0.0888. The monoisotopic (exact) mass is 622 g/mol. The van der Waals surface area contributed by atoms with Gasteiger partial charge in [-0.25, -0.2) is 14.8 Å². The second-order valence-corrected chi connectivity index (χ2v) is 12.4. The lowest BCUT2D eigenvalue weighted by Gasteiger charge is -2.43. The maximum absolute atomic E-state index is 14.0. The van der Waals surface area contributed by atoms with Gasteiger partial charge in [0, 0.05) is 17.6 Å². The maximum Gasteiger partial charge on any atom is 0.335 e. The van der Waals surface area contributed by atoms with E-state index in [2.05, 4.69) is 26.3 Å². The first kappa shape index (κ1) is 31.0. The third kappa shape index (κ3) is 6.11. The molecule has 2 aliphatic rings. The van der Waals surface area contributed by atoms with E-state index in [0.29, 0.717) is 67.2 Å². The average Bonchev–Trinajstić information content (AvgIpc) is 3.33. The van der Waals surface area contributed by atoms with Crippen LogP contribution in [0.4, 0.5) is 5.82 Å². The number of rotatable bonds is 9. The summed E-state index contributed by atoms with van der Waals surface area (Å²) in [5.74, 6) is 1.17. The van der Waals surface area contributed by atoms with Crippen molar-refractivity contribution < 1.29 is 14.3 Å². The van der Waals surface area contributed by atoms with Crippen molar-refractivity contribution in [3.05, 3.63) is 83.1 Å². The number of nitrogen functional groups attached to an aromatic ring is 1. The highest BCUT2D eigenvalue weighted by Crippen LogP contribution is 2.32. The molecule has 12 nitrogen and oxygen atoms in total. The number of nitrogens with two attached hydrogens (primary N) is 1. The lowest BCUT2D eigenvalue weighted by molar-refractivity contribution is -0.118. The van der Waals surface area contributed by atoms with Crippen LogP contribution in [0.25, 0.3) is 16.9 Å². The second-order valence-electron chi connectivity index (χ2n) is 12.4. The number of likely N-dealkylation sites (N-methyl/N-ethyl adjacent to an activating group) is 1. The standard InChI is InChI=1S/C34H38N8O4/c1-34(2,40(3)26-19-45-20-26)17-22(18-35)32(43)39-23-9-11-25(12-10-23)42-31-29(30(36)37-21-38-31)41(33(42)44)24-13-15-28(16-14-24)46-27-7-5-4-6-8-27/h4-8,13-17,21,23,25-26H,9-12,19-20H2,1-3H3,(H,39,43)(H2,36,37,38). The van der Waals surface area contributed by atoms with E-state index in [1.807, 2.05) is 63.4 Å². The first-order chi connectivity index (χ1) is 22.2. The minimum atomic E-state index is -0.497. The first-order valence-corrected chi connectivity index (χ1v) is 15.5. The van der Waals surface area contributed by atoms with E-state index in [0.717, 1.165) is 0 Å². The first-order valence-electron chi connectivity index (χ1n) is 15.5. The van der Waals surface area contributed by atoms with Gasteiger partial charge in [0.1, 0.15) is 35.0 Å². The van der Waals surface area contributed by atoms with E-state index >= 15 is 0 Å². The van der Waals surface area contributed by atoms with Crippen molar-refractivity contribution in [1.29, 1.82) is 5.26 Å². The quantitative estimate of drug-likeness (QED) is 0.207. The molecule has 6 rings (SSSR count). The molecule has 12 heteroatoms.